The first kappa shape index (κ1) is 17.4. The molecule has 1 amide bonds. The van der Waals surface area contributed by atoms with Gasteiger partial charge in [0.15, 0.2) is 0 Å². The number of aliphatic hydroxyl groups excluding tert-OH is 1. The SMILES string of the molecule is COc1cccc(C)c1C(=O)N[C@@H](Cc1ccncc1)C1CC(O)C1. The van der Waals surface area contributed by atoms with Gasteiger partial charge in [-0.1, -0.05) is 12.1 Å². The molecular weight excluding hydrogens is 316 g/mol. The molecule has 0 aliphatic heterocycles. The molecule has 0 bridgehead atoms. The summed E-state index contributed by atoms with van der Waals surface area (Å²) in [4.78, 5) is 16.9. The van der Waals surface area contributed by atoms with E-state index in [-0.39, 0.29) is 24.0 Å². The number of carbonyl (C=O) groups is 1. The van der Waals surface area contributed by atoms with Gasteiger partial charge >= 0.3 is 0 Å². The number of amides is 1. The van der Waals surface area contributed by atoms with Crippen molar-refractivity contribution in [1.29, 1.82) is 0 Å². The van der Waals surface area contributed by atoms with Crippen LogP contribution in [0.15, 0.2) is 42.7 Å². The van der Waals surface area contributed by atoms with Crippen LogP contribution in [0.5, 0.6) is 5.75 Å². The summed E-state index contributed by atoms with van der Waals surface area (Å²) in [5.41, 5.74) is 2.58. The molecule has 1 aliphatic rings. The van der Waals surface area contributed by atoms with Gasteiger partial charge in [0.1, 0.15) is 5.75 Å². The van der Waals surface area contributed by atoms with Crippen LogP contribution >= 0.6 is 0 Å². The van der Waals surface area contributed by atoms with E-state index in [1.165, 1.54) is 0 Å². The molecule has 2 aromatic rings. The van der Waals surface area contributed by atoms with E-state index in [9.17, 15) is 9.90 Å². The zero-order chi connectivity index (χ0) is 17.8. The molecule has 1 heterocycles. The summed E-state index contributed by atoms with van der Waals surface area (Å²) in [6, 6.07) is 9.48. The summed E-state index contributed by atoms with van der Waals surface area (Å²) in [5.74, 6) is 0.728. The standard InChI is InChI=1S/C20H24N2O3/c1-13-4-3-5-18(25-2)19(13)20(24)22-17(15-11-16(23)12-15)10-14-6-8-21-9-7-14/h3-9,15-17,23H,10-12H2,1-2H3,(H,22,24)/t15?,16?,17-/m0/s1. The first-order valence-corrected chi connectivity index (χ1v) is 8.60. The zero-order valence-electron chi connectivity index (χ0n) is 14.6. The second kappa shape index (κ2) is 7.66. The van der Waals surface area contributed by atoms with E-state index >= 15 is 0 Å². The van der Waals surface area contributed by atoms with Gasteiger partial charge < -0.3 is 15.2 Å². The number of aliphatic hydroxyl groups is 1. The highest BCUT2D eigenvalue weighted by Gasteiger charge is 2.35. The second-order valence-corrected chi connectivity index (χ2v) is 6.68. The molecule has 5 nitrogen and oxygen atoms in total. The first-order valence-electron chi connectivity index (χ1n) is 8.60. The van der Waals surface area contributed by atoms with Crippen LogP contribution in [0.1, 0.15) is 34.3 Å². The van der Waals surface area contributed by atoms with Crippen molar-refractivity contribution in [2.75, 3.05) is 7.11 Å². The van der Waals surface area contributed by atoms with E-state index in [0.29, 0.717) is 11.3 Å². The maximum absolute atomic E-state index is 12.9. The summed E-state index contributed by atoms with van der Waals surface area (Å²) in [5, 5.41) is 12.8. The van der Waals surface area contributed by atoms with E-state index in [0.717, 1.165) is 30.4 Å². The third kappa shape index (κ3) is 3.99. The lowest BCUT2D eigenvalue weighted by Gasteiger charge is -2.38. The molecule has 1 atom stereocenters. The van der Waals surface area contributed by atoms with Crippen LogP contribution in [0.2, 0.25) is 0 Å². The van der Waals surface area contributed by atoms with Gasteiger partial charge in [0.25, 0.3) is 5.91 Å². The predicted molar refractivity (Wildman–Crippen MR) is 95.7 cm³/mol. The Morgan fingerprint density at radius 2 is 2.04 bits per heavy atom. The molecule has 0 spiro atoms. The van der Waals surface area contributed by atoms with Crippen molar-refractivity contribution < 1.29 is 14.6 Å². The Bertz CT molecular complexity index is 727. The van der Waals surface area contributed by atoms with Gasteiger partial charge in [-0.25, -0.2) is 0 Å². The molecule has 0 radical (unpaired) electrons. The molecule has 1 saturated carbocycles. The number of pyridine rings is 1. The smallest absolute Gasteiger partial charge is 0.255 e. The number of methoxy groups -OCH3 is 1. The Morgan fingerprint density at radius 1 is 1.32 bits per heavy atom. The van der Waals surface area contributed by atoms with E-state index in [1.807, 2.05) is 31.2 Å². The fraction of sp³-hybridized carbons (Fsp3) is 0.400. The largest absolute Gasteiger partial charge is 0.496 e. The summed E-state index contributed by atoms with van der Waals surface area (Å²) in [6.07, 6.45) is 5.43. The van der Waals surface area contributed by atoms with Crippen molar-refractivity contribution in [1.82, 2.24) is 10.3 Å². The minimum Gasteiger partial charge on any atom is -0.496 e. The predicted octanol–water partition coefficient (Wildman–Crippen LogP) is 2.51. The minimum atomic E-state index is -0.255. The van der Waals surface area contributed by atoms with Crippen LogP contribution in [-0.4, -0.2) is 35.3 Å². The van der Waals surface area contributed by atoms with Crippen molar-refractivity contribution in [2.24, 2.45) is 5.92 Å². The summed E-state index contributed by atoms with van der Waals surface area (Å²) in [6.45, 7) is 1.91. The topological polar surface area (TPSA) is 71.5 Å². The summed E-state index contributed by atoms with van der Waals surface area (Å²) < 4.78 is 5.36. The zero-order valence-corrected chi connectivity index (χ0v) is 14.6. The number of benzene rings is 1. The number of ether oxygens (including phenoxy) is 1. The van der Waals surface area contributed by atoms with E-state index in [4.69, 9.17) is 4.74 Å². The van der Waals surface area contributed by atoms with Gasteiger partial charge in [0, 0.05) is 18.4 Å². The Labute approximate surface area is 148 Å². The fourth-order valence-electron chi connectivity index (χ4n) is 3.41. The third-order valence-electron chi connectivity index (χ3n) is 4.92. The van der Waals surface area contributed by atoms with E-state index in [2.05, 4.69) is 10.3 Å². The van der Waals surface area contributed by atoms with E-state index < -0.39 is 0 Å². The minimum absolute atomic E-state index is 0.0254. The van der Waals surface area contributed by atoms with E-state index in [1.54, 1.807) is 25.6 Å². The number of aryl methyl sites for hydroxylation is 1. The maximum Gasteiger partial charge on any atom is 0.255 e. The molecule has 3 rings (SSSR count). The molecule has 1 aromatic heterocycles. The van der Waals surface area contributed by atoms with Crippen LogP contribution in [0.3, 0.4) is 0 Å². The molecule has 1 aromatic carbocycles. The number of nitrogens with zero attached hydrogens (tertiary/aromatic N) is 1. The Morgan fingerprint density at radius 3 is 2.68 bits per heavy atom. The molecular formula is C20H24N2O3. The summed E-state index contributed by atoms with van der Waals surface area (Å²) in [7, 11) is 1.57. The highest BCUT2D eigenvalue weighted by Crippen LogP contribution is 2.32. The molecule has 0 saturated heterocycles. The van der Waals surface area contributed by atoms with Gasteiger partial charge in [0.2, 0.25) is 0 Å². The van der Waals surface area contributed by atoms with Gasteiger partial charge in [-0.3, -0.25) is 9.78 Å². The van der Waals surface area contributed by atoms with Crippen molar-refractivity contribution in [3.8, 4) is 5.75 Å². The van der Waals surface area contributed by atoms with Crippen molar-refractivity contribution in [2.45, 2.75) is 38.3 Å². The fourth-order valence-corrected chi connectivity index (χ4v) is 3.41. The Hall–Kier alpha value is -2.40. The summed E-state index contributed by atoms with van der Waals surface area (Å²) >= 11 is 0. The van der Waals surface area contributed by atoms with Crippen LogP contribution in [0, 0.1) is 12.8 Å². The third-order valence-corrected chi connectivity index (χ3v) is 4.92. The second-order valence-electron chi connectivity index (χ2n) is 6.68. The lowest BCUT2D eigenvalue weighted by molar-refractivity contribution is 0.0239. The van der Waals surface area contributed by atoms with Crippen molar-refractivity contribution >= 4 is 5.91 Å². The number of rotatable bonds is 6. The average Bonchev–Trinajstić information content (AvgIpc) is 2.59. The molecule has 132 valence electrons. The molecule has 1 fully saturated rings. The quantitative estimate of drug-likeness (QED) is 0.848. The lowest BCUT2D eigenvalue weighted by atomic mass is 9.75. The van der Waals surface area contributed by atoms with Gasteiger partial charge in [-0.2, -0.15) is 0 Å². The van der Waals surface area contributed by atoms with Gasteiger partial charge in [-0.05, 0) is 61.4 Å². The highest BCUT2D eigenvalue weighted by molar-refractivity contribution is 5.98. The Balaban J connectivity index is 1.79. The normalized spacial score (nSPS) is 20.4. The molecule has 1 aliphatic carbocycles. The molecule has 5 heteroatoms. The molecule has 0 unspecified atom stereocenters. The first-order chi connectivity index (χ1) is 12.1. The highest BCUT2D eigenvalue weighted by atomic mass is 16.5. The monoisotopic (exact) mass is 340 g/mol. The van der Waals surface area contributed by atoms with Crippen LogP contribution < -0.4 is 10.1 Å². The van der Waals surface area contributed by atoms with Crippen LogP contribution in [0.25, 0.3) is 0 Å². The number of nitrogens with one attached hydrogen (secondary N) is 1. The number of carbonyl (C=O) groups excluding carboxylic acids is 1. The lowest BCUT2D eigenvalue weighted by Crippen LogP contribution is -2.48. The van der Waals surface area contributed by atoms with Crippen molar-refractivity contribution in [3.63, 3.8) is 0 Å². The maximum atomic E-state index is 12.9. The number of aromatic nitrogens is 1. The number of hydrogen-bond acceptors (Lipinski definition) is 4. The molecule has 2 N–H and O–H groups in total. The molecule has 25 heavy (non-hydrogen) atoms. The van der Waals surface area contributed by atoms with Crippen molar-refractivity contribution in [3.05, 3.63) is 59.4 Å². The Kier molecular flexibility index (Phi) is 5.34. The average molecular weight is 340 g/mol. The van der Waals surface area contributed by atoms with Gasteiger partial charge in [0.05, 0.1) is 18.8 Å². The number of hydrogen-bond donors (Lipinski definition) is 2. The van der Waals surface area contributed by atoms with Crippen LogP contribution in [0.4, 0.5) is 0 Å². The van der Waals surface area contributed by atoms with Gasteiger partial charge in [-0.15, -0.1) is 0 Å². The van der Waals surface area contributed by atoms with Crippen LogP contribution in [-0.2, 0) is 6.42 Å².